The summed E-state index contributed by atoms with van der Waals surface area (Å²) in [7, 11) is 0. The molecular weight excluding hydrogens is 402 g/mol. The van der Waals surface area contributed by atoms with Crippen LogP contribution >= 0.6 is 27.5 Å². The predicted octanol–water partition coefficient (Wildman–Crippen LogP) is 6.05. The first-order valence-electron chi connectivity index (χ1n) is 7.98. The fourth-order valence-corrected chi connectivity index (χ4v) is 2.95. The lowest BCUT2D eigenvalue weighted by atomic mass is 10.1. The summed E-state index contributed by atoms with van der Waals surface area (Å²) in [5.41, 5.74) is 0.638. The number of carbonyl (C=O) groups is 1. The second-order valence-electron chi connectivity index (χ2n) is 5.64. The molecule has 25 heavy (non-hydrogen) atoms. The van der Waals surface area contributed by atoms with Crippen molar-refractivity contribution in [3.8, 4) is 5.75 Å². The van der Waals surface area contributed by atoms with E-state index in [0.29, 0.717) is 22.9 Å². The van der Waals surface area contributed by atoms with E-state index in [-0.39, 0.29) is 5.91 Å². The Hall–Kier alpha value is -2.04. The summed E-state index contributed by atoms with van der Waals surface area (Å²) < 4.78 is 6.69. The highest BCUT2D eigenvalue weighted by molar-refractivity contribution is 9.10. The highest BCUT2D eigenvalue weighted by Crippen LogP contribution is 2.26. The van der Waals surface area contributed by atoms with Crippen molar-refractivity contribution in [2.75, 3.05) is 5.32 Å². The van der Waals surface area contributed by atoms with Crippen molar-refractivity contribution in [2.24, 2.45) is 0 Å². The molecule has 3 aromatic carbocycles. The molecule has 0 aliphatic carbocycles. The van der Waals surface area contributed by atoms with Crippen LogP contribution in [-0.2, 0) is 4.79 Å². The molecule has 0 bridgehead atoms. The maximum atomic E-state index is 12.5. The van der Waals surface area contributed by atoms with Gasteiger partial charge in [0.2, 0.25) is 0 Å². The second-order valence-corrected chi connectivity index (χ2v) is 6.90. The van der Waals surface area contributed by atoms with Gasteiger partial charge in [-0.15, -0.1) is 0 Å². The first kappa shape index (κ1) is 17.8. The molecule has 0 unspecified atom stereocenters. The smallest absolute Gasteiger partial charge is 0.265 e. The number of rotatable bonds is 5. The van der Waals surface area contributed by atoms with Crippen LogP contribution in [-0.4, -0.2) is 12.0 Å². The largest absolute Gasteiger partial charge is 0.481 e. The van der Waals surface area contributed by atoms with E-state index in [1.165, 1.54) is 0 Å². The number of anilines is 1. The van der Waals surface area contributed by atoms with E-state index in [0.717, 1.165) is 15.2 Å². The number of hydrogen-bond donors (Lipinski definition) is 1. The Morgan fingerprint density at radius 1 is 1.12 bits per heavy atom. The second kappa shape index (κ2) is 7.89. The Morgan fingerprint density at radius 3 is 2.60 bits per heavy atom. The van der Waals surface area contributed by atoms with Gasteiger partial charge in [0, 0.05) is 10.2 Å². The van der Waals surface area contributed by atoms with E-state index >= 15 is 0 Å². The SMILES string of the molecule is CC[C@H](Oc1ccc2ccccc2c1)C(=O)Nc1ccc(Br)c(Cl)c1. The van der Waals surface area contributed by atoms with Crippen LogP contribution in [0.3, 0.4) is 0 Å². The lowest BCUT2D eigenvalue weighted by molar-refractivity contribution is -0.122. The molecule has 128 valence electrons. The van der Waals surface area contributed by atoms with Crippen LogP contribution in [0.1, 0.15) is 13.3 Å². The van der Waals surface area contributed by atoms with Crippen molar-refractivity contribution in [1.82, 2.24) is 0 Å². The average molecular weight is 419 g/mol. The van der Waals surface area contributed by atoms with Gasteiger partial charge in [-0.3, -0.25) is 4.79 Å². The van der Waals surface area contributed by atoms with Gasteiger partial charge in [0.25, 0.3) is 5.91 Å². The highest BCUT2D eigenvalue weighted by Gasteiger charge is 2.19. The van der Waals surface area contributed by atoms with E-state index in [1.807, 2.05) is 49.4 Å². The lowest BCUT2D eigenvalue weighted by Crippen LogP contribution is -2.32. The fraction of sp³-hybridized carbons (Fsp3) is 0.150. The maximum absolute atomic E-state index is 12.5. The number of ether oxygens (including phenoxy) is 1. The van der Waals surface area contributed by atoms with Crippen molar-refractivity contribution in [1.29, 1.82) is 0 Å². The molecule has 0 heterocycles. The molecule has 0 radical (unpaired) electrons. The van der Waals surface area contributed by atoms with Crippen LogP contribution in [0.5, 0.6) is 5.75 Å². The molecule has 1 N–H and O–H groups in total. The molecule has 1 atom stereocenters. The molecular formula is C20H17BrClNO2. The van der Waals surface area contributed by atoms with Gasteiger partial charge in [-0.2, -0.15) is 0 Å². The third kappa shape index (κ3) is 4.33. The molecule has 5 heteroatoms. The van der Waals surface area contributed by atoms with Crippen LogP contribution < -0.4 is 10.1 Å². The molecule has 3 rings (SSSR count). The third-order valence-corrected chi connectivity index (χ3v) is 5.08. The number of benzene rings is 3. The average Bonchev–Trinajstić information content (AvgIpc) is 2.62. The zero-order valence-electron chi connectivity index (χ0n) is 13.6. The van der Waals surface area contributed by atoms with Gasteiger partial charge < -0.3 is 10.1 Å². The minimum Gasteiger partial charge on any atom is -0.481 e. The van der Waals surface area contributed by atoms with E-state index in [1.54, 1.807) is 18.2 Å². The van der Waals surface area contributed by atoms with Crippen molar-refractivity contribution in [3.63, 3.8) is 0 Å². The number of halogens is 2. The van der Waals surface area contributed by atoms with Gasteiger partial charge >= 0.3 is 0 Å². The number of hydrogen-bond acceptors (Lipinski definition) is 2. The van der Waals surface area contributed by atoms with Crippen LogP contribution in [0.2, 0.25) is 5.02 Å². The van der Waals surface area contributed by atoms with Gasteiger partial charge in [-0.05, 0) is 63.5 Å². The first-order chi connectivity index (χ1) is 12.1. The Balaban J connectivity index is 1.73. The quantitative estimate of drug-likeness (QED) is 0.547. The van der Waals surface area contributed by atoms with Gasteiger partial charge in [0.1, 0.15) is 5.75 Å². The van der Waals surface area contributed by atoms with Crippen molar-refractivity contribution in [2.45, 2.75) is 19.4 Å². The summed E-state index contributed by atoms with van der Waals surface area (Å²) >= 11 is 9.40. The zero-order chi connectivity index (χ0) is 17.8. The number of fused-ring (bicyclic) bond motifs is 1. The summed E-state index contributed by atoms with van der Waals surface area (Å²) in [6.45, 7) is 1.92. The molecule has 0 aromatic heterocycles. The van der Waals surface area contributed by atoms with Gasteiger partial charge in [0.05, 0.1) is 5.02 Å². The van der Waals surface area contributed by atoms with Crippen LogP contribution in [0, 0.1) is 0 Å². The molecule has 0 spiro atoms. The molecule has 0 saturated carbocycles. The first-order valence-corrected chi connectivity index (χ1v) is 9.15. The Morgan fingerprint density at radius 2 is 1.88 bits per heavy atom. The summed E-state index contributed by atoms with van der Waals surface area (Å²) in [5, 5.41) is 5.61. The number of amides is 1. The molecule has 3 nitrogen and oxygen atoms in total. The normalized spacial score (nSPS) is 12.0. The Labute approximate surface area is 160 Å². The lowest BCUT2D eigenvalue weighted by Gasteiger charge is -2.18. The fourth-order valence-electron chi connectivity index (χ4n) is 2.52. The van der Waals surface area contributed by atoms with Gasteiger partial charge in [-0.25, -0.2) is 0 Å². The standard InChI is InChI=1S/C20H17BrClNO2/c1-2-19(20(24)23-15-8-10-17(21)18(22)12-15)25-16-9-7-13-5-3-4-6-14(13)11-16/h3-12,19H,2H2,1H3,(H,23,24)/t19-/m0/s1. The summed E-state index contributed by atoms with van der Waals surface area (Å²) in [5.74, 6) is 0.476. The van der Waals surface area contributed by atoms with E-state index in [2.05, 4.69) is 21.2 Å². The third-order valence-electron chi connectivity index (χ3n) is 3.85. The van der Waals surface area contributed by atoms with E-state index in [9.17, 15) is 4.79 Å². The van der Waals surface area contributed by atoms with Crippen molar-refractivity contribution >= 4 is 49.9 Å². The van der Waals surface area contributed by atoms with Crippen molar-refractivity contribution in [3.05, 3.63) is 70.2 Å². The molecule has 1 amide bonds. The van der Waals surface area contributed by atoms with Gasteiger partial charge in [0.15, 0.2) is 6.10 Å². The summed E-state index contributed by atoms with van der Waals surface area (Å²) in [6, 6.07) is 19.1. The molecule has 0 fully saturated rings. The van der Waals surface area contributed by atoms with Crippen LogP contribution in [0.25, 0.3) is 10.8 Å². The summed E-state index contributed by atoms with van der Waals surface area (Å²) in [6.07, 6.45) is -0.0216. The molecule has 0 saturated heterocycles. The Bertz CT molecular complexity index is 913. The molecule has 0 aliphatic rings. The molecule has 3 aromatic rings. The topological polar surface area (TPSA) is 38.3 Å². The van der Waals surface area contributed by atoms with Gasteiger partial charge in [-0.1, -0.05) is 48.9 Å². The zero-order valence-corrected chi connectivity index (χ0v) is 16.0. The monoisotopic (exact) mass is 417 g/mol. The number of carbonyl (C=O) groups excluding carboxylic acids is 1. The predicted molar refractivity (Wildman–Crippen MR) is 106 cm³/mol. The van der Waals surface area contributed by atoms with E-state index in [4.69, 9.17) is 16.3 Å². The minimum atomic E-state index is -0.580. The van der Waals surface area contributed by atoms with Crippen molar-refractivity contribution < 1.29 is 9.53 Å². The van der Waals surface area contributed by atoms with E-state index < -0.39 is 6.10 Å². The number of nitrogens with one attached hydrogen (secondary N) is 1. The molecule has 0 aliphatic heterocycles. The minimum absolute atomic E-state index is 0.200. The Kier molecular flexibility index (Phi) is 5.61. The van der Waals surface area contributed by atoms with Crippen LogP contribution in [0.4, 0.5) is 5.69 Å². The summed E-state index contributed by atoms with van der Waals surface area (Å²) in [4.78, 5) is 12.5. The maximum Gasteiger partial charge on any atom is 0.265 e. The van der Waals surface area contributed by atoms with Crippen LogP contribution in [0.15, 0.2) is 65.1 Å². The highest BCUT2D eigenvalue weighted by atomic mass is 79.9.